The molecule has 0 bridgehead atoms. The highest BCUT2D eigenvalue weighted by molar-refractivity contribution is 5.45. The minimum Gasteiger partial charge on any atom is -0.0764 e. The van der Waals surface area contributed by atoms with Gasteiger partial charge in [0.15, 0.2) is 0 Å². The third-order valence-corrected chi connectivity index (χ3v) is 4.94. The summed E-state index contributed by atoms with van der Waals surface area (Å²) in [6, 6.07) is 14.0. The number of benzene rings is 2. The zero-order chi connectivity index (χ0) is 17.3. The van der Waals surface area contributed by atoms with Gasteiger partial charge in [-0.15, -0.1) is 0 Å². The molecule has 1 aliphatic carbocycles. The zero-order valence-corrected chi connectivity index (χ0v) is 15.6. The van der Waals surface area contributed by atoms with Gasteiger partial charge in [-0.1, -0.05) is 89.4 Å². The second kappa shape index (κ2) is 6.81. The molecule has 1 unspecified atom stereocenters. The minimum absolute atomic E-state index is 0.391. The van der Waals surface area contributed by atoms with E-state index in [1.54, 1.807) is 0 Å². The Hall–Kier alpha value is -2.08. The van der Waals surface area contributed by atoms with Crippen LogP contribution in [0.1, 0.15) is 52.6 Å². The van der Waals surface area contributed by atoms with Gasteiger partial charge >= 0.3 is 0 Å². The number of rotatable bonds is 4. The highest BCUT2D eigenvalue weighted by atomic mass is 14.3. The molecule has 2 aromatic rings. The summed E-state index contributed by atoms with van der Waals surface area (Å²) in [5.74, 6) is 0.838. The van der Waals surface area contributed by atoms with E-state index >= 15 is 0 Å². The molecule has 0 heteroatoms. The highest BCUT2D eigenvalue weighted by Gasteiger charge is 2.25. The normalized spacial score (nSPS) is 16.8. The van der Waals surface area contributed by atoms with Gasteiger partial charge in [0.25, 0.3) is 0 Å². The first-order chi connectivity index (χ1) is 11.5. The molecule has 0 radical (unpaired) electrons. The van der Waals surface area contributed by atoms with E-state index in [-0.39, 0.29) is 0 Å². The van der Waals surface area contributed by atoms with E-state index in [0.29, 0.717) is 11.8 Å². The van der Waals surface area contributed by atoms with Crippen LogP contribution in [-0.2, 0) is 0 Å². The fourth-order valence-electron chi connectivity index (χ4n) is 4.05. The SMILES string of the molecule is CCC1=CC(C(c2cc(C)cc(C)c2)c2cc(C)cc(C)c2)C=C1. The van der Waals surface area contributed by atoms with Gasteiger partial charge < -0.3 is 0 Å². The molecule has 1 atom stereocenters. The third-order valence-electron chi connectivity index (χ3n) is 4.94. The summed E-state index contributed by atoms with van der Waals surface area (Å²) in [6.45, 7) is 11.0. The van der Waals surface area contributed by atoms with Gasteiger partial charge in [0.1, 0.15) is 0 Å². The van der Waals surface area contributed by atoms with Crippen LogP contribution < -0.4 is 0 Å². The molecular weight excluding hydrogens is 288 g/mol. The monoisotopic (exact) mass is 316 g/mol. The van der Waals surface area contributed by atoms with Gasteiger partial charge in [0.05, 0.1) is 0 Å². The van der Waals surface area contributed by atoms with Crippen molar-refractivity contribution < 1.29 is 0 Å². The maximum Gasteiger partial charge on any atom is 0.0187 e. The Morgan fingerprint density at radius 1 is 0.750 bits per heavy atom. The van der Waals surface area contributed by atoms with Crippen molar-refractivity contribution in [3.63, 3.8) is 0 Å². The van der Waals surface area contributed by atoms with Gasteiger partial charge in [-0.3, -0.25) is 0 Å². The second-order valence-corrected chi connectivity index (χ2v) is 7.35. The fourth-order valence-corrected chi connectivity index (χ4v) is 4.05. The Kier molecular flexibility index (Phi) is 4.76. The Balaban J connectivity index is 2.14. The maximum atomic E-state index is 2.46. The number of hydrogen-bond acceptors (Lipinski definition) is 0. The smallest absolute Gasteiger partial charge is 0.0187 e. The van der Waals surface area contributed by atoms with E-state index < -0.39 is 0 Å². The first kappa shape index (κ1) is 16.8. The van der Waals surface area contributed by atoms with Crippen LogP contribution >= 0.6 is 0 Å². The van der Waals surface area contributed by atoms with E-state index in [9.17, 15) is 0 Å². The molecule has 0 N–H and O–H groups in total. The zero-order valence-electron chi connectivity index (χ0n) is 15.6. The fraction of sp³-hybridized carbons (Fsp3) is 0.333. The molecular formula is C24H28. The Bertz CT molecular complexity index is 713. The minimum atomic E-state index is 0.391. The lowest BCUT2D eigenvalue weighted by Gasteiger charge is -2.24. The van der Waals surface area contributed by atoms with E-state index in [4.69, 9.17) is 0 Å². The van der Waals surface area contributed by atoms with Crippen molar-refractivity contribution in [1.82, 2.24) is 0 Å². The summed E-state index contributed by atoms with van der Waals surface area (Å²) < 4.78 is 0. The molecule has 0 saturated heterocycles. The van der Waals surface area contributed by atoms with E-state index in [2.05, 4.69) is 89.2 Å². The van der Waals surface area contributed by atoms with Crippen molar-refractivity contribution >= 4 is 0 Å². The van der Waals surface area contributed by atoms with E-state index in [0.717, 1.165) is 6.42 Å². The summed E-state index contributed by atoms with van der Waals surface area (Å²) in [6.07, 6.45) is 8.27. The average Bonchev–Trinajstić information content (AvgIpc) is 2.94. The largest absolute Gasteiger partial charge is 0.0764 e. The highest BCUT2D eigenvalue weighted by Crippen LogP contribution is 2.38. The van der Waals surface area contributed by atoms with Crippen molar-refractivity contribution in [2.24, 2.45) is 5.92 Å². The molecule has 0 amide bonds. The van der Waals surface area contributed by atoms with Gasteiger partial charge in [0.2, 0.25) is 0 Å². The van der Waals surface area contributed by atoms with Crippen LogP contribution in [0.5, 0.6) is 0 Å². The topological polar surface area (TPSA) is 0 Å². The quantitative estimate of drug-likeness (QED) is 0.598. The summed E-state index contributed by atoms with van der Waals surface area (Å²) in [5.41, 5.74) is 9.71. The molecule has 0 fully saturated rings. The van der Waals surface area contributed by atoms with Crippen molar-refractivity contribution in [2.45, 2.75) is 47.0 Å². The standard InChI is InChI=1S/C24H28/c1-6-20-7-8-21(15-20)24(22-11-16(2)9-17(3)12-22)23-13-18(4)10-19(5)14-23/h7-15,21,24H,6H2,1-5H3. The van der Waals surface area contributed by atoms with Crippen LogP contribution in [-0.4, -0.2) is 0 Å². The van der Waals surface area contributed by atoms with Crippen LogP contribution in [0.25, 0.3) is 0 Å². The lowest BCUT2D eigenvalue weighted by atomic mass is 9.79. The van der Waals surface area contributed by atoms with Gasteiger partial charge in [-0.25, -0.2) is 0 Å². The maximum absolute atomic E-state index is 2.46. The van der Waals surface area contributed by atoms with Crippen LogP contribution in [0.3, 0.4) is 0 Å². The Morgan fingerprint density at radius 3 is 1.58 bits per heavy atom. The molecule has 0 spiro atoms. The van der Waals surface area contributed by atoms with Crippen LogP contribution in [0.15, 0.2) is 60.2 Å². The van der Waals surface area contributed by atoms with E-state index in [1.807, 2.05) is 0 Å². The molecule has 0 aromatic heterocycles. The van der Waals surface area contributed by atoms with Gasteiger partial charge in [-0.2, -0.15) is 0 Å². The molecule has 1 aliphatic rings. The van der Waals surface area contributed by atoms with Crippen LogP contribution in [0.2, 0.25) is 0 Å². The number of hydrogen-bond donors (Lipinski definition) is 0. The average molecular weight is 316 g/mol. The molecule has 24 heavy (non-hydrogen) atoms. The van der Waals surface area contributed by atoms with Crippen molar-refractivity contribution in [2.75, 3.05) is 0 Å². The molecule has 0 saturated carbocycles. The second-order valence-electron chi connectivity index (χ2n) is 7.35. The van der Waals surface area contributed by atoms with Crippen LogP contribution in [0.4, 0.5) is 0 Å². The van der Waals surface area contributed by atoms with Gasteiger partial charge in [-0.05, 0) is 45.2 Å². The number of aryl methyl sites for hydroxylation is 4. The number of allylic oxidation sites excluding steroid dienone is 4. The third kappa shape index (κ3) is 3.53. The van der Waals surface area contributed by atoms with Crippen LogP contribution in [0, 0.1) is 33.6 Å². The Morgan fingerprint density at radius 2 is 1.21 bits per heavy atom. The molecule has 3 rings (SSSR count). The Labute approximate surface area is 146 Å². The van der Waals surface area contributed by atoms with Crippen molar-refractivity contribution in [1.29, 1.82) is 0 Å². The summed E-state index contributed by atoms with van der Waals surface area (Å²) in [7, 11) is 0. The van der Waals surface area contributed by atoms with E-state index in [1.165, 1.54) is 39.0 Å². The summed E-state index contributed by atoms with van der Waals surface area (Å²) in [5, 5.41) is 0. The summed E-state index contributed by atoms with van der Waals surface area (Å²) in [4.78, 5) is 0. The first-order valence-electron chi connectivity index (χ1n) is 9.01. The molecule has 2 aromatic carbocycles. The van der Waals surface area contributed by atoms with Crippen molar-refractivity contribution in [3.8, 4) is 0 Å². The van der Waals surface area contributed by atoms with Crippen molar-refractivity contribution in [3.05, 3.63) is 93.6 Å². The molecule has 0 aliphatic heterocycles. The molecule has 124 valence electrons. The predicted octanol–water partition coefficient (Wildman–Crippen LogP) is 6.57. The summed E-state index contributed by atoms with van der Waals surface area (Å²) >= 11 is 0. The lowest BCUT2D eigenvalue weighted by Crippen LogP contribution is -2.11. The lowest BCUT2D eigenvalue weighted by molar-refractivity contribution is 0.688. The molecule has 0 nitrogen and oxygen atoms in total. The molecule has 0 heterocycles. The van der Waals surface area contributed by atoms with Gasteiger partial charge in [0, 0.05) is 11.8 Å². The predicted molar refractivity (Wildman–Crippen MR) is 105 cm³/mol. The first-order valence-corrected chi connectivity index (χ1v) is 9.01.